The number of methoxy groups -OCH3 is 1. The monoisotopic (exact) mass is 346 g/mol. The lowest BCUT2D eigenvalue weighted by atomic mass is 10.0. The predicted octanol–water partition coefficient (Wildman–Crippen LogP) is 1.80. The van der Waals surface area contributed by atoms with Crippen molar-refractivity contribution in [1.82, 2.24) is 9.80 Å². The van der Waals surface area contributed by atoms with E-state index in [0.717, 1.165) is 39.1 Å². The van der Waals surface area contributed by atoms with Crippen molar-refractivity contribution in [3.8, 4) is 0 Å². The molecular weight excluding hydrogens is 320 g/mol. The molecule has 6 heteroatoms. The molecule has 0 aromatic heterocycles. The summed E-state index contributed by atoms with van der Waals surface area (Å²) in [5, 5.41) is 0. The van der Waals surface area contributed by atoms with Crippen LogP contribution < -0.4 is 0 Å². The van der Waals surface area contributed by atoms with E-state index in [0.29, 0.717) is 23.7 Å². The van der Waals surface area contributed by atoms with E-state index in [4.69, 9.17) is 9.47 Å². The predicted molar refractivity (Wildman–Crippen MR) is 93.7 cm³/mol. The Morgan fingerprint density at radius 2 is 1.88 bits per heavy atom. The van der Waals surface area contributed by atoms with Gasteiger partial charge in [0.1, 0.15) is 0 Å². The van der Waals surface area contributed by atoms with E-state index < -0.39 is 5.97 Å². The summed E-state index contributed by atoms with van der Waals surface area (Å²) in [5.41, 5.74) is 0.941. The number of esters is 1. The summed E-state index contributed by atoms with van der Waals surface area (Å²) in [6.07, 6.45) is 2.14. The molecule has 0 bridgehead atoms. The highest BCUT2D eigenvalue weighted by Gasteiger charge is 2.32. The van der Waals surface area contributed by atoms with Crippen LogP contribution in [0.4, 0.5) is 0 Å². The molecule has 2 aliphatic heterocycles. The van der Waals surface area contributed by atoms with E-state index in [2.05, 4.69) is 11.8 Å². The van der Waals surface area contributed by atoms with Gasteiger partial charge in [0, 0.05) is 50.5 Å². The number of hydrogen-bond acceptors (Lipinski definition) is 5. The fraction of sp³-hybridized carbons (Fsp3) is 0.579. The van der Waals surface area contributed by atoms with Gasteiger partial charge >= 0.3 is 5.97 Å². The zero-order chi connectivity index (χ0) is 17.8. The number of piperazine rings is 1. The van der Waals surface area contributed by atoms with Gasteiger partial charge in [0.2, 0.25) is 0 Å². The molecule has 0 radical (unpaired) electrons. The van der Waals surface area contributed by atoms with Gasteiger partial charge in [-0.15, -0.1) is 0 Å². The zero-order valence-corrected chi connectivity index (χ0v) is 14.9. The summed E-state index contributed by atoms with van der Waals surface area (Å²) in [6, 6.07) is 7.47. The summed E-state index contributed by atoms with van der Waals surface area (Å²) in [4.78, 5) is 29.0. The Morgan fingerprint density at radius 1 is 1.16 bits per heavy atom. The number of ether oxygens (including phenoxy) is 2. The molecule has 1 atom stereocenters. The molecule has 3 rings (SSSR count). The van der Waals surface area contributed by atoms with E-state index in [9.17, 15) is 9.59 Å². The van der Waals surface area contributed by atoms with E-state index in [1.54, 1.807) is 24.3 Å². The molecule has 0 aliphatic carbocycles. The standard InChI is InChI=1S/C19H26N2O4/c1-14-13-20(17-6-10-25-11-7-17)8-9-21(14)18(22)15-4-3-5-16(12-15)19(23)24-2/h3-5,12,14,17H,6-11,13H2,1-2H3/t14-/m1/s1. The normalized spacial score (nSPS) is 22.6. The highest BCUT2D eigenvalue weighted by molar-refractivity contribution is 5.98. The molecule has 0 saturated carbocycles. The minimum absolute atomic E-state index is 0.0233. The molecule has 0 N–H and O–H groups in total. The van der Waals surface area contributed by atoms with Crippen molar-refractivity contribution in [1.29, 1.82) is 0 Å². The second kappa shape index (κ2) is 7.97. The molecule has 1 aromatic carbocycles. The smallest absolute Gasteiger partial charge is 0.337 e. The van der Waals surface area contributed by atoms with Crippen LogP contribution in [-0.2, 0) is 9.47 Å². The van der Waals surface area contributed by atoms with Crippen LogP contribution in [0.1, 0.15) is 40.5 Å². The summed E-state index contributed by atoms with van der Waals surface area (Å²) in [7, 11) is 1.34. The maximum Gasteiger partial charge on any atom is 0.337 e. The second-order valence-corrected chi connectivity index (χ2v) is 6.76. The van der Waals surface area contributed by atoms with Crippen molar-refractivity contribution in [3.63, 3.8) is 0 Å². The largest absolute Gasteiger partial charge is 0.465 e. The maximum atomic E-state index is 12.9. The van der Waals surface area contributed by atoms with Crippen LogP contribution >= 0.6 is 0 Å². The number of amides is 1. The van der Waals surface area contributed by atoms with Crippen molar-refractivity contribution >= 4 is 11.9 Å². The molecule has 0 unspecified atom stereocenters. The SMILES string of the molecule is COC(=O)c1cccc(C(=O)N2CCN(C3CCOCC3)C[C@H]2C)c1. The van der Waals surface area contributed by atoms with Crippen LogP contribution in [-0.4, -0.2) is 73.7 Å². The summed E-state index contributed by atoms with van der Waals surface area (Å²) >= 11 is 0. The lowest BCUT2D eigenvalue weighted by Gasteiger charge is -2.44. The third-order valence-corrected chi connectivity index (χ3v) is 5.16. The summed E-state index contributed by atoms with van der Waals surface area (Å²) in [6.45, 7) is 6.23. The van der Waals surface area contributed by atoms with E-state index in [-0.39, 0.29) is 11.9 Å². The lowest BCUT2D eigenvalue weighted by molar-refractivity contribution is 0.000710. The average Bonchev–Trinajstić information content (AvgIpc) is 2.67. The van der Waals surface area contributed by atoms with Crippen LogP contribution in [0.3, 0.4) is 0 Å². The van der Waals surface area contributed by atoms with Gasteiger partial charge in [0.05, 0.1) is 12.7 Å². The van der Waals surface area contributed by atoms with Gasteiger partial charge in [0.25, 0.3) is 5.91 Å². The topological polar surface area (TPSA) is 59.1 Å². The van der Waals surface area contributed by atoms with Crippen molar-refractivity contribution in [2.45, 2.75) is 31.8 Å². The second-order valence-electron chi connectivity index (χ2n) is 6.76. The third-order valence-electron chi connectivity index (χ3n) is 5.16. The highest BCUT2D eigenvalue weighted by atomic mass is 16.5. The molecule has 2 heterocycles. The summed E-state index contributed by atoms with van der Waals surface area (Å²) < 4.78 is 10.2. The fourth-order valence-electron chi connectivity index (χ4n) is 3.73. The van der Waals surface area contributed by atoms with Gasteiger partial charge < -0.3 is 14.4 Å². The zero-order valence-electron chi connectivity index (χ0n) is 14.9. The quantitative estimate of drug-likeness (QED) is 0.781. The van der Waals surface area contributed by atoms with Crippen molar-refractivity contribution in [3.05, 3.63) is 35.4 Å². The molecule has 25 heavy (non-hydrogen) atoms. The Kier molecular flexibility index (Phi) is 5.71. The molecule has 1 amide bonds. The number of rotatable bonds is 3. The molecular formula is C19H26N2O4. The molecule has 6 nitrogen and oxygen atoms in total. The van der Waals surface area contributed by atoms with Gasteiger partial charge in [-0.1, -0.05) is 6.07 Å². The third kappa shape index (κ3) is 4.02. The Labute approximate surface area is 148 Å². The van der Waals surface area contributed by atoms with Crippen molar-refractivity contribution in [2.24, 2.45) is 0 Å². The van der Waals surface area contributed by atoms with Crippen molar-refractivity contribution in [2.75, 3.05) is 40.0 Å². The van der Waals surface area contributed by atoms with Gasteiger partial charge in [-0.05, 0) is 38.0 Å². The number of nitrogens with zero attached hydrogens (tertiary/aromatic N) is 2. The summed E-state index contributed by atoms with van der Waals surface area (Å²) in [5.74, 6) is -0.447. The minimum Gasteiger partial charge on any atom is -0.465 e. The molecule has 2 aliphatic rings. The van der Waals surface area contributed by atoms with Gasteiger partial charge in [-0.2, -0.15) is 0 Å². The first-order valence-corrected chi connectivity index (χ1v) is 8.91. The Hall–Kier alpha value is -1.92. The first-order valence-electron chi connectivity index (χ1n) is 8.91. The minimum atomic E-state index is -0.424. The molecule has 1 aromatic rings. The Morgan fingerprint density at radius 3 is 2.56 bits per heavy atom. The fourth-order valence-corrected chi connectivity index (χ4v) is 3.73. The van der Waals surface area contributed by atoms with Crippen LogP contribution in [0.15, 0.2) is 24.3 Å². The van der Waals surface area contributed by atoms with E-state index in [1.807, 2.05) is 4.90 Å². The lowest BCUT2D eigenvalue weighted by Crippen LogP contribution is -2.57. The number of carbonyl (C=O) groups is 2. The van der Waals surface area contributed by atoms with Crippen LogP contribution in [0, 0.1) is 0 Å². The van der Waals surface area contributed by atoms with Gasteiger partial charge in [0.15, 0.2) is 0 Å². The molecule has 136 valence electrons. The van der Waals surface area contributed by atoms with E-state index >= 15 is 0 Å². The van der Waals surface area contributed by atoms with Gasteiger partial charge in [-0.3, -0.25) is 9.69 Å². The van der Waals surface area contributed by atoms with Crippen molar-refractivity contribution < 1.29 is 19.1 Å². The van der Waals surface area contributed by atoms with E-state index in [1.165, 1.54) is 7.11 Å². The molecule has 0 spiro atoms. The number of carbonyl (C=O) groups excluding carboxylic acids is 2. The maximum absolute atomic E-state index is 12.9. The Bertz CT molecular complexity index is 628. The highest BCUT2D eigenvalue weighted by Crippen LogP contribution is 2.21. The molecule has 2 fully saturated rings. The Balaban J connectivity index is 1.66. The average molecular weight is 346 g/mol. The van der Waals surface area contributed by atoms with Gasteiger partial charge in [-0.25, -0.2) is 4.79 Å². The van der Waals surface area contributed by atoms with Crippen LogP contribution in [0.2, 0.25) is 0 Å². The first kappa shape index (κ1) is 17.9. The van der Waals surface area contributed by atoms with Crippen LogP contribution in [0.5, 0.6) is 0 Å². The van der Waals surface area contributed by atoms with Crippen LogP contribution in [0.25, 0.3) is 0 Å². The first-order chi connectivity index (χ1) is 12.1. The number of benzene rings is 1. The number of hydrogen-bond donors (Lipinski definition) is 0. The molecule has 2 saturated heterocycles.